The normalized spacial score (nSPS) is 19.7. The first-order valence-electron chi connectivity index (χ1n) is 5.81. The minimum atomic E-state index is -0.0991. The van der Waals surface area contributed by atoms with Crippen LogP contribution < -0.4 is 10.6 Å². The molecule has 1 fully saturated rings. The molecule has 0 radical (unpaired) electrons. The van der Waals surface area contributed by atoms with Crippen LogP contribution in [0.2, 0.25) is 0 Å². The molecule has 1 aromatic rings. The summed E-state index contributed by atoms with van der Waals surface area (Å²) in [5.41, 5.74) is 1.36. The molecule has 1 saturated heterocycles. The summed E-state index contributed by atoms with van der Waals surface area (Å²) in [6, 6.07) is 1.90. The molecule has 92 valence electrons. The number of carbonyl (C=O) groups is 1. The molecule has 5 nitrogen and oxygen atoms in total. The van der Waals surface area contributed by atoms with Gasteiger partial charge >= 0.3 is 0 Å². The van der Waals surface area contributed by atoms with Gasteiger partial charge in [-0.05, 0) is 18.9 Å². The molecule has 2 heterocycles. The quantitative estimate of drug-likeness (QED) is 0.821. The Morgan fingerprint density at radius 3 is 3.18 bits per heavy atom. The predicted octanol–water partition coefficient (Wildman–Crippen LogP) is 1.03. The van der Waals surface area contributed by atoms with Crippen molar-refractivity contribution < 1.29 is 9.53 Å². The number of hydrogen-bond acceptors (Lipinski definition) is 4. The minimum Gasteiger partial charge on any atom is -0.387 e. The fourth-order valence-corrected chi connectivity index (χ4v) is 1.91. The Morgan fingerprint density at radius 2 is 2.47 bits per heavy atom. The van der Waals surface area contributed by atoms with E-state index in [1.54, 1.807) is 25.5 Å². The number of anilines is 1. The Balaban J connectivity index is 2.03. The third-order valence-electron chi connectivity index (χ3n) is 2.83. The molecule has 0 aliphatic carbocycles. The molecule has 0 spiro atoms. The number of nitrogens with one attached hydrogen (secondary N) is 2. The van der Waals surface area contributed by atoms with E-state index in [1.165, 1.54) is 0 Å². The highest BCUT2D eigenvalue weighted by atomic mass is 16.5. The van der Waals surface area contributed by atoms with Crippen LogP contribution in [0.15, 0.2) is 18.5 Å². The molecule has 1 aliphatic rings. The summed E-state index contributed by atoms with van der Waals surface area (Å²) in [7, 11) is 1.79. The van der Waals surface area contributed by atoms with Crippen molar-refractivity contribution in [2.75, 3.05) is 25.6 Å². The van der Waals surface area contributed by atoms with Crippen LogP contribution in [0.3, 0.4) is 0 Å². The molecular weight excluding hydrogens is 218 g/mol. The molecule has 1 aliphatic heterocycles. The van der Waals surface area contributed by atoms with Crippen molar-refractivity contribution in [3.8, 4) is 0 Å². The first-order valence-corrected chi connectivity index (χ1v) is 5.81. The van der Waals surface area contributed by atoms with Gasteiger partial charge in [0.2, 0.25) is 0 Å². The van der Waals surface area contributed by atoms with Gasteiger partial charge in [-0.2, -0.15) is 0 Å². The second kappa shape index (κ2) is 5.63. The summed E-state index contributed by atoms with van der Waals surface area (Å²) in [6.07, 6.45) is 5.20. The third kappa shape index (κ3) is 2.94. The molecule has 1 atom stereocenters. The Bertz CT molecular complexity index is 389. The standard InChI is InChI=1S/C12H17N3O2/c1-13-11-4-5-14-7-10(11)12(16)15-9-3-2-6-17-8-9/h4-5,7,9H,2-3,6,8H2,1H3,(H,13,14)(H,15,16). The van der Waals surface area contributed by atoms with Gasteiger partial charge in [0.15, 0.2) is 0 Å². The summed E-state index contributed by atoms with van der Waals surface area (Å²) in [5, 5.41) is 5.95. The topological polar surface area (TPSA) is 63.2 Å². The monoisotopic (exact) mass is 235 g/mol. The first kappa shape index (κ1) is 11.9. The molecular formula is C12H17N3O2. The summed E-state index contributed by atoms with van der Waals surface area (Å²) in [5.74, 6) is -0.0991. The van der Waals surface area contributed by atoms with Crippen LogP contribution in [-0.2, 0) is 4.74 Å². The van der Waals surface area contributed by atoms with Crippen LogP contribution in [0.4, 0.5) is 5.69 Å². The average Bonchev–Trinajstić information content (AvgIpc) is 2.40. The zero-order valence-corrected chi connectivity index (χ0v) is 9.90. The molecule has 5 heteroatoms. The van der Waals surface area contributed by atoms with E-state index >= 15 is 0 Å². The number of nitrogens with zero attached hydrogens (tertiary/aromatic N) is 1. The van der Waals surface area contributed by atoms with Crippen LogP contribution in [0.25, 0.3) is 0 Å². The fraction of sp³-hybridized carbons (Fsp3) is 0.500. The van der Waals surface area contributed by atoms with E-state index in [1.807, 2.05) is 0 Å². The second-order valence-corrected chi connectivity index (χ2v) is 4.06. The number of ether oxygens (including phenoxy) is 1. The smallest absolute Gasteiger partial charge is 0.255 e. The van der Waals surface area contributed by atoms with Gasteiger partial charge in [0.25, 0.3) is 5.91 Å². The molecule has 1 unspecified atom stereocenters. The lowest BCUT2D eigenvalue weighted by Gasteiger charge is -2.23. The van der Waals surface area contributed by atoms with Crippen molar-refractivity contribution in [1.29, 1.82) is 0 Å². The van der Waals surface area contributed by atoms with Crippen LogP contribution in [0, 0.1) is 0 Å². The molecule has 1 aromatic heterocycles. The lowest BCUT2D eigenvalue weighted by molar-refractivity contribution is 0.0624. The second-order valence-electron chi connectivity index (χ2n) is 4.06. The van der Waals surface area contributed by atoms with Crippen molar-refractivity contribution in [2.45, 2.75) is 18.9 Å². The van der Waals surface area contributed by atoms with Crippen LogP contribution >= 0.6 is 0 Å². The van der Waals surface area contributed by atoms with Crippen molar-refractivity contribution in [3.63, 3.8) is 0 Å². The van der Waals surface area contributed by atoms with Gasteiger partial charge in [-0.1, -0.05) is 0 Å². The van der Waals surface area contributed by atoms with Gasteiger partial charge in [-0.25, -0.2) is 0 Å². The Hall–Kier alpha value is -1.62. The van der Waals surface area contributed by atoms with Gasteiger partial charge < -0.3 is 15.4 Å². The lowest BCUT2D eigenvalue weighted by atomic mass is 10.1. The fourth-order valence-electron chi connectivity index (χ4n) is 1.91. The maximum Gasteiger partial charge on any atom is 0.255 e. The Morgan fingerprint density at radius 1 is 1.59 bits per heavy atom. The van der Waals surface area contributed by atoms with Crippen molar-refractivity contribution in [1.82, 2.24) is 10.3 Å². The van der Waals surface area contributed by atoms with E-state index in [-0.39, 0.29) is 11.9 Å². The van der Waals surface area contributed by atoms with Crippen LogP contribution in [-0.4, -0.2) is 37.2 Å². The van der Waals surface area contributed by atoms with Crippen molar-refractivity contribution >= 4 is 11.6 Å². The number of amides is 1. The zero-order chi connectivity index (χ0) is 12.1. The van der Waals surface area contributed by atoms with E-state index in [9.17, 15) is 4.79 Å². The zero-order valence-electron chi connectivity index (χ0n) is 9.90. The molecule has 2 N–H and O–H groups in total. The summed E-state index contributed by atoms with van der Waals surface area (Å²) < 4.78 is 5.33. The molecule has 0 aromatic carbocycles. The largest absolute Gasteiger partial charge is 0.387 e. The number of rotatable bonds is 3. The van der Waals surface area contributed by atoms with Gasteiger partial charge in [0, 0.05) is 31.7 Å². The lowest BCUT2D eigenvalue weighted by Crippen LogP contribution is -2.40. The van der Waals surface area contributed by atoms with E-state index in [4.69, 9.17) is 4.74 Å². The summed E-state index contributed by atoms with van der Waals surface area (Å²) >= 11 is 0. The van der Waals surface area contributed by atoms with E-state index in [0.29, 0.717) is 12.2 Å². The first-order chi connectivity index (χ1) is 8.31. The molecule has 2 rings (SSSR count). The van der Waals surface area contributed by atoms with Gasteiger partial charge in [-0.15, -0.1) is 0 Å². The number of carbonyl (C=O) groups excluding carboxylic acids is 1. The number of aromatic nitrogens is 1. The number of pyridine rings is 1. The third-order valence-corrected chi connectivity index (χ3v) is 2.83. The highest BCUT2D eigenvalue weighted by Gasteiger charge is 2.18. The maximum absolute atomic E-state index is 12.0. The van der Waals surface area contributed by atoms with E-state index in [0.717, 1.165) is 25.1 Å². The summed E-state index contributed by atoms with van der Waals surface area (Å²) in [4.78, 5) is 16.0. The predicted molar refractivity (Wildman–Crippen MR) is 65.1 cm³/mol. The van der Waals surface area contributed by atoms with E-state index in [2.05, 4.69) is 15.6 Å². The minimum absolute atomic E-state index is 0.0991. The van der Waals surface area contributed by atoms with E-state index < -0.39 is 0 Å². The highest BCUT2D eigenvalue weighted by molar-refractivity contribution is 5.99. The highest BCUT2D eigenvalue weighted by Crippen LogP contribution is 2.13. The van der Waals surface area contributed by atoms with Crippen molar-refractivity contribution in [3.05, 3.63) is 24.0 Å². The van der Waals surface area contributed by atoms with Crippen LogP contribution in [0.1, 0.15) is 23.2 Å². The van der Waals surface area contributed by atoms with Gasteiger partial charge in [0.1, 0.15) is 0 Å². The van der Waals surface area contributed by atoms with Gasteiger partial charge in [0.05, 0.1) is 18.2 Å². The molecule has 0 bridgehead atoms. The maximum atomic E-state index is 12.0. The van der Waals surface area contributed by atoms with Crippen molar-refractivity contribution in [2.24, 2.45) is 0 Å². The molecule has 0 saturated carbocycles. The Kier molecular flexibility index (Phi) is 3.93. The Labute approximate surface area is 101 Å². The summed E-state index contributed by atoms with van der Waals surface area (Å²) in [6.45, 7) is 1.39. The molecule has 17 heavy (non-hydrogen) atoms. The number of hydrogen-bond donors (Lipinski definition) is 2. The van der Waals surface area contributed by atoms with Gasteiger partial charge in [-0.3, -0.25) is 9.78 Å². The van der Waals surface area contributed by atoms with Crippen LogP contribution in [0.5, 0.6) is 0 Å². The average molecular weight is 235 g/mol. The SMILES string of the molecule is CNc1ccncc1C(=O)NC1CCCOC1. The molecule has 1 amide bonds.